The van der Waals surface area contributed by atoms with Crippen LogP contribution in [0, 0.1) is 0 Å². The van der Waals surface area contributed by atoms with E-state index in [9.17, 15) is 0 Å². The topological polar surface area (TPSA) is 41.6 Å². The molecule has 0 aliphatic carbocycles. The van der Waals surface area contributed by atoms with Gasteiger partial charge in [-0.2, -0.15) is 5.10 Å². The Labute approximate surface area is 83.2 Å². The fourth-order valence-corrected chi connectivity index (χ4v) is 1.32. The molecule has 0 aromatic carbocycles. The summed E-state index contributed by atoms with van der Waals surface area (Å²) in [5.41, 5.74) is 3.13. The van der Waals surface area contributed by atoms with Crippen molar-refractivity contribution in [1.82, 2.24) is 15.2 Å². The molecule has 0 aliphatic heterocycles. The first-order valence-corrected chi connectivity index (χ1v) is 4.73. The van der Waals surface area contributed by atoms with Gasteiger partial charge >= 0.3 is 0 Å². The van der Waals surface area contributed by atoms with E-state index in [4.69, 9.17) is 0 Å². The molecule has 0 bridgehead atoms. The van der Waals surface area contributed by atoms with Crippen LogP contribution < -0.4 is 0 Å². The third-order valence-electron chi connectivity index (χ3n) is 2.16. The minimum absolute atomic E-state index is 0.460. The highest BCUT2D eigenvalue weighted by atomic mass is 15.1. The summed E-state index contributed by atoms with van der Waals surface area (Å²) in [4.78, 5) is 4.55. The van der Waals surface area contributed by atoms with Gasteiger partial charge in [-0.3, -0.25) is 10.1 Å². The Morgan fingerprint density at radius 3 is 2.79 bits per heavy atom. The van der Waals surface area contributed by atoms with Crippen molar-refractivity contribution in [2.45, 2.75) is 19.8 Å². The van der Waals surface area contributed by atoms with Gasteiger partial charge in [-0.25, -0.2) is 0 Å². The fourth-order valence-electron chi connectivity index (χ4n) is 1.32. The zero-order chi connectivity index (χ0) is 9.97. The van der Waals surface area contributed by atoms with E-state index in [1.807, 2.05) is 24.4 Å². The smallest absolute Gasteiger partial charge is 0.0736 e. The summed E-state index contributed by atoms with van der Waals surface area (Å²) in [6.07, 6.45) is 3.64. The molecule has 0 radical (unpaired) electrons. The normalized spacial score (nSPS) is 10.8. The van der Waals surface area contributed by atoms with E-state index in [-0.39, 0.29) is 0 Å². The van der Waals surface area contributed by atoms with Gasteiger partial charge in [0.25, 0.3) is 0 Å². The van der Waals surface area contributed by atoms with Gasteiger partial charge in [0.1, 0.15) is 0 Å². The van der Waals surface area contributed by atoms with E-state index in [1.54, 1.807) is 6.20 Å². The number of aromatic amines is 1. The zero-order valence-electron chi connectivity index (χ0n) is 8.36. The number of rotatable bonds is 2. The highest BCUT2D eigenvalue weighted by Gasteiger charge is 2.04. The van der Waals surface area contributed by atoms with Crippen LogP contribution in [0.1, 0.15) is 25.5 Å². The van der Waals surface area contributed by atoms with E-state index in [2.05, 4.69) is 29.0 Å². The number of hydrogen-bond donors (Lipinski definition) is 1. The summed E-state index contributed by atoms with van der Waals surface area (Å²) < 4.78 is 0. The monoisotopic (exact) mass is 187 g/mol. The van der Waals surface area contributed by atoms with E-state index in [0.29, 0.717) is 5.92 Å². The number of pyridine rings is 1. The van der Waals surface area contributed by atoms with Gasteiger partial charge in [0.2, 0.25) is 0 Å². The maximum Gasteiger partial charge on any atom is 0.0736 e. The van der Waals surface area contributed by atoms with Gasteiger partial charge in [-0.05, 0) is 18.1 Å². The summed E-state index contributed by atoms with van der Waals surface area (Å²) in [7, 11) is 0. The predicted molar refractivity (Wildman–Crippen MR) is 55.9 cm³/mol. The van der Waals surface area contributed by atoms with Gasteiger partial charge in [0.05, 0.1) is 11.9 Å². The van der Waals surface area contributed by atoms with Gasteiger partial charge in [0, 0.05) is 17.5 Å². The first-order chi connectivity index (χ1) is 6.77. The Morgan fingerprint density at radius 1 is 1.29 bits per heavy atom. The second kappa shape index (κ2) is 3.62. The Bertz CT molecular complexity index is 404. The summed E-state index contributed by atoms with van der Waals surface area (Å²) in [6, 6.07) is 6.08. The van der Waals surface area contributed by atoms with Crippen LogP contribution in [0.15, 0.2) is 30.6 Å². The molecule has 0 atom stereocenters. The molecule has 0 fully saturated rings. The van der Waals surface area contributed by atoms with Crippen molar-refractivity contribution in [3.05, 3.63) is 36.3 Å². The molecule has 0 spiro atoms. The number of nitrogens with one attached hydrogen (secondary N) is 1. The van der Waals surface area contributed by atoms with Crippen LogP contribution in [-0.4, -0.2) is 15.2 Å². The lowest BCUT2D eigenvalue weighted by Gasteiger charge is -2.05. The maximum absolute atomic E-state index is 4.55. The van der Waals surface area contributed by atoms with Gasteiger partial charge in [-0.15, -0.1) is 0 Å². The molecule has 0 aliphatic rings. The van der Waals surface area contributed by atoms with Gasteiger partial charge < -0.3 is 0 Å². The molecule has 0 saturated heterocycles. The van der Waals surface area contributed by atoms with Gasteiger partial charge in [-0.1, -0.05) is 19.9 Å². The van der Waals surface area contributed by atoms with Crippen molar-refractivity contribution in [1.29, 1.82) is 0 Å². The molecule has 0 amide bonds. The number of aromatic nitrogens is 3. The standard InChI is InChI=1S/C11H13N3/c1-8(2)10-4-3-5-11(14-10)9-6-12-13-7-9/h3-8H,1-2H3,(H,12,13). The Morgan fingerprint density at radius 2 is 2.14 bits per heavy atom. The quantitative estimate of drug-likeness (QED) is 0.785. The van der Waals surface area contributed by atoms with Crippen molar-refractivity contribution < 1.29 is 0 Å². The summed E-state index contributed by atoms with van der Waals surface area (Å²) in [6.45, 7) is 4.28. The minimum Gasteiger partial charge on any atom is -0.285 e. The van der Waals surface area contributed by atoms with E-state index in [1.165, 1.54) is 0 Å². The lowest BCUT2D eigenvalue weighted by molar-refractivity contribution is 0.824. The molecule has 3 heteroatoms. The van der Waals surface area contributed by atoms with Crippen LogP contribution in [0.5, 0.6) is 0 Å². The zero-order valence-corrected chi connectivity index (χ0v) is 8.36. The molecular formula is C11H13N3. The molecule has 2 aromatic rings. The first-order valence-electron chi connectivity index (χ1n) is 4.73. The van der Waals surface area contributed by atoms with Crippen LogP contribution >= 0.6 is 0 Å². The number of nitrogens with zero attached hydrogens (tertiary/aromatic N) is 2. The Hall–Kier alpha value is -1.64. The van der Waals surface area contributed by atoms with Crippen molar-refractivity contribution in [2.24, 2.45) is 0 Å². The van der Waals surface area contributed by atoms with Crippen LogP contribution in [0.3, 0.4) is 0 Å². The molecule has 72 valence electrons. The van der Waals surface area contributed by atoms with Crippen molar-refractivity contribution in [3.8, 4) is 11.3 Å². The maximum atomic E-state index is 4.55. The van der Waals surface area contributed by atoms with E-state index in [0.717, 1.165) is 17.0 Å². The molecule has 2 aromatic heterocycles. The lowest BCUT2D eigenvalue weighted by Crippen LogP contribution is -1.93. The van der Waals surface area contributed by atoms with Crippen LogP contribution in [-0.2, 0) is 0 Å². The third kappa shape index (κ3) is 1.66. The summed E-state index contributed by atoms with van der Waals surface area (Å²) in [5.74, 6) is 0.460. The molecule has 1 N–H and O–H groups in total. The largest absolute Gasteiger partial charge is 0.285 e. The van der Waals surface area contributed by atoms with Crippen molar-refractivity contribution >= 4 is 0 Å². The molecule has 3 nitrogen and oxygen atoms in total. The number of hydrogen-bond acceptors (Lipinski definition) is 2. The molecule has 2 heterocycles. The second-order valence-corrected chi connectivity index (χ2v) is 3.59. The highest BCUT2D eigenvalue weighted by molar-refractivity contribution is 5.56. The predicted octanol–water partition coefficient (Wildman–Crippen LogP) is 2.60. The van der Waals surface area contributed by atoms with Crippen LogP contribution in [0.4, 0.5) is 0 Å². The van der Waals surface area contributed by atoms with Crippen molar-refractivity contribution in [2.75, 3.05) is 0 Å². The molecule has 14 heavy (non-hydrogen) atoms. The van der Waals surface area contributed by atoms with Crippen LogP contribution in [0.25, 0.3) is 11.3 Å². The van der Waals surface area contributed by atoms with Crippen molar-refractivity contribution in [3.63, 3.8) is 0 Å². The highest BCUT2D eigenvalue weighted by Crippen LogP contribution is 2.18. The number of H-pyrrole nitrogens is 1. The molecule has 0 unspecified atom stereocenters. The Balaban J connectivity index is 2.41. The van der Waals surface area contributed by atoms with Gasteiger partial charge in [0.15, 0.2) is 0 Å². The molecular weight excluding hydrogens is 174 g/mol. The van der Waals surface area contributed by atoms with E-state index < -0.39 is 0 Å². The molecule has 2 rings (SSSR count). The SMILES string of the molecule is CC(C)c1cccc(-c2cn[nH]c2)n1. The minimum atomic E-state index is 0.460. The average molecular weight is 187 g/mol. The Kier molecular flexibility index (Phi) is 2.31. The van der Waals surface area contributed by atoms with Crippen LogP contribution in [0.2, 0.25) is 0 Å². The summed E-state index contributed by atoms with van der Waals surface area (Å²) in [5, 5.41) is 6.69. The lowest BCUT2D eigenvalue weighted by atomic mass is 10.1. The first kappa shape index (κ1) is 8.94. The van der Waals surface area contributed by atoms with E-state index >= 15 is 0 Å². The third-order valence-corrected chi connectivity index (χ3v) is 2.16. The summed E-state index contributed by atoms with van der Waals surface area (Å²) >= 11 is 0. The average Bonchev–Trinajstić information content (AvgIpc) is 2.71. The second-order valence-electron chi connectivity index (χ2n) is 3.59. The fraction of sp³-hybridized carbons (Fsp3) is 0.273. The molecule has 0 saturated carbocycles.